The Hall–Kier alpha value is -0.790. The van der Waals surface area contributed by atoms with Crippen LogP contribution in [0.15, 0.2) is 0 Å². The summed E-state index contributed by atoms with van der Waals surface area (Å²) in [5, 5.41) is 0. The van der Waals surface area contributed by atoms with Crippen LogP contribution in [-0.4, -0.2) is 49.2 Å². The third-order valence-electron chi connectivity index (χ3n) is 2.22. The molecule has 0 aromatic heterocycles. The predicted octanol–water partition coefficient (Wildman–Crippen LogP) is -0.501. The fraction of sp³-hybridized carbons (Fsp3) is 0.800. The molecule has 0 saturated heterocycles. The van der Waals surface area contributed by atoms with E-state index >= 15 is 0 Å². The second kappa shape index (κ2) is 8.32. The van der Waals surface area contributed by atoms with Crippen LogP contribution in [-0.2, 0) is 19.1 Å². The summed E-state index contributed by atoms with van der Waals surface area (Å²) in [6.07, 6.45) is 1.70. The largest absolute Gasteiger partial charge is 0.468 e. The van der Waals surface area contributed by atoms with E-state index in [4.69, 9.17) is 16.2 Å². The van der Waals surface area contributed by atoms with Crippen molar-refractivity contribution in [3.63, 3.8) is 0 Å². The lowest BCUT2D eigenvalue weighted by Crippen LogP contribution is -2.45. The van der Waals surface area contributed by atoms with E-state index in [-0.39, 0.29) is 0 Å². The third-order valence-corrected chi connectivity index (χ3v) is 2.86. The van der Waals surface area contributed by atoms with Crippen LogP contribution in [0.3, 0.4) is 0 Å². The van der Waals surface area contributed by atoms with Crippen LogP contribution < -0.4 is 11.5 Å². The number of carbonyl (C=O) groups is 2. The maximum absolute atomic E-state index is 11.5. The minimum atomic E-state index is -0.989. The molecule has 0 unspecified atom stereocenters. The van der Waals surface area contributed by atoms with E-state index in [0.717, 1.165) is 5.75 Å². The van der Waals surface area contributed by atoms with Gasteiger partial charge in [0.25, 0.3) is 0 Å². The van der Waals surface area contributed by atoms with Gasteiger partial charge in [0.05, 0.1) is 7.11 Å². The second-order valence-electron chi connectivity index (χ2n) is 3.58. The first kappa shape index (κ1) is 16.2. The number of nitrogens with two attached hydrogens (primary N) is 2. The summed E-state index contributed by atoms with van der Waals surface area (Å²) in [5.41, 5.74) is 11.1. The van der Waals surface area contributed by atoms with Crippen LogP contribution in [0.2, 0.25) is 0 Å². The Labute approximate surface area is 105 Å². The van der Waals surface area contributed by atoms with Crippen molar-refractivity contribution in [3.8, 4) is 0 Å². The Bertz CT molecular complexity index is 263. The highest BCUT2D eigenvalue weighted by Gasteiger charge is 2.26. The highest BCUT2D eigenvalue weighted by molar-refractivity contribution is 7.98. The Kier molecular flexibility index (Phi) is 7.94. The number of rotatable bonds is 7. The number of thioether (sulfide) groups is 1. The minimum absolute atomic E-state index is 0.528. The van der Waals surface area contributed by atoms with Crippen molar-refractivity contribution in [1.82, 2.24) is 0 Å². The average molecular weight is 264 g/mol. The van der Waals surface area contributed by atoms with E-state index in [1.165, 1.54) is 14.0 Å². The zero-order valence-corrected chi connectivity index (χ0v) is 11.2. The van der Waals surface area contributed by atoms with E-state index < -0.39 is 30.1 Å². The zero-order valence-electron chi connectivity index (χ0n) is 10.3. The summed E-state index contributed by atoms with van der Waals surface area (Å²) < 4.78 is 9.45. The topological polar surface area (TPSA) is 105 Å². The van der Waals surface area contributed by atoms with E-state index in [9.17, 15) is 9.59 Å². The van der Waals surface area contributed by atoms with Crippen LogP contribution in [0.4, 0.5) is 0 Å². The molecule has 0 bridgehead atoms. The molecule has 0 radical (unpaired) electrons. The number of hydrogen-bond donors (Lipinski definition) is 2. The normalized spacial score (nSPS) is 15.8. The Balaban J connectivity index is 4.14. The molecule has 0 amide bonds. The standard InChI is InChI=1S/C10H20N2O4S/c1-6(8(12)10(14)15-2)16-9(13)7(11)4-5-17-3/h6-8H,4-5,11-12H2,1-3H3/t6-,7+,8+/m1/s1. The molecule has 0 fully saturated rings. The molecule has 0 aliphatic carbocycles. The summed E-state index contributed by atoms with van der Waals surface area (Å²) in [7, 11) is 1.22. The van der Waals surface area contributed by atoms with Crippen molar-refractivity contribution in [2.75, 3.05) is 19.1 Å². The second-order valence-corrected chi connectivity index (χ2v) is 4.56. The van der Waals surface area contributed by atoms with E-state index in [0.29, 0.717) is 6.42 Å². The minimum Gasteiger partial charge on any atom is -0.468 e. The molecule has 0 heterocycles. The SMILES string of the molecule is COC(=O)[C@@H](N)[C@@H](C)OC(=O)[C@@H](N)CCSC. The number of ether oxygens (including phenoxy) is 2. The fourth-order valence-corrected chi connectivity index (χ4v) is 1.52. The van der Waals surface area contributed by atoms with Gasteiger partial charge in [-0.1, -0.05) is 0 Å². The number of hydrogen-bond acceptors (Lipinski definition) is 7. The van der Waals surface area contributed by atoms with Crippen molar-refractivity contribution >= 4 is 23.7 Å². The molecule has 0 rings (SSSR count). The lowest BCUT2D eigenvalue weighted by Gasteiger charge is -2.20. The highest BCUT2D eigenvalue weighted by atomic mass is 32.2. The molecule has 4 N–H and O–H groups in total. The highest BCUT2D eigenvalue weighted by Crippen LogP contribution is 2.04. The molecule has 0 aliphatic rings. The van der Waals surface area contributed by atoms with Crippen molar-refractivity contribution < 1.29 is 19.1 Å². The Morgan fingerprint density at radius 2 is 1.88 bits per heavy atom. The van der Waals surface area contributed by atoms with Gasteiger partial charge in [0, 0.05) is 0 Å². The summed E-state index contributed by atoms with van der Waals surface area (Å²) in [6.45, 7) is 1.53. The monoisotopic (exact) mass is 264 g/mol. The van der Waals surface area contributed by atoms with Gasteiger partial charge in [-0.15, -0.1) is 0 Å². The molecule has 100 valence electrons. The molecule has 3 atom stereocenters. The van der Waals surface area contributed by atoms with Crippen LogP contribution in [0.25, 0.3) is 0 Å². The van der Waals surface area contributed by atoms with E-state index in [2.05, 4.69) is 4.74 Å². The van der Waals surface area contributed by atoms with Crippen LogP contribution in [0.5, 0.6) is 0 Å². The van der Waals surface area contributed by atoms with Crippen LogP contribution in [0.1, 0.15) is 13.3 Å². The van der Waals surface area contributed by atoms with Crippen LogP contribution >= 0.6 is 11.8 Å². The molecule has 0 spiro atoms. The van der Waals surface area contributed by atoms with Crippen molar-refractivity contribution in [1.29, 1.82) is 0 Å². The molecule has 7 heteroatoms. The third kappa shape index (κ3) is 5.90. The average Bonchev–Trinajstić information content (AvgIpc) is 2.33. The molecule has 0 aromatic carbocycles. The van der Waals surface area contributed by atoms with E-state index in [1.54, 1.807) is 11.8 Å². The number of methoxy groups -OCH3 is 1. The first-order valence-corrected chi connectivity index (χ1v) is 6.61. The van der Waals surface area contributed by atoms with E-state index in [1.807, 2.05) is 6.26 Å². The van der Waals surface area contributed by atoms with Gasteiger partial charge in [0.15, 0.2) is 0 Å². The quantitative estimate of drug-likeness (QED) is 0.597. The number of esters is 2. The molecule has 6 nitrogen and oxygen atoms in total. The Morgan fingerprint density at radius 1 is 1.29 bits per heavy atom. The van der Waals surface area contributed by atoms with Gasteiger partial charge in [-0.05, 0) is 25.4 Å². The first-order chi connectivity index (χ1) is 7.93. The summed E-state index contributed by atoms with van der Waals surface area (Å²) in [6, 6.07) is -1.67. The number of carbonyl (C=O) groups excluding carboxylic acids is 2. The maximum atomic E-state index is 11.5. The van der Waals surface area contributed by atoms with Gasteiger partial charge in [0.2, 0.25) is 0 Å². The van der Waals surface area contributed by atoms with Gasteiger partial charge in [-0.25, -0.2) is 0 Å². The van der Waals surface area contributed by atoms with Crippen molar-refractivity contribution in [2.24, 2.45) is 11.5 Å². The maximum Gasteiger partial charge on any atom is 0.326 e. The summed E-state index contributed by atoms with van der Waals surface area (Å²) in [4.78, 5) is 22.6. The molecular formula is C10H20N2O4S. The lowest BCUT2D eigenvalue weighted by atomic mass is 10.2. The van der Waals surface area contributed by atoms with Crippen LogP contribution in [0, 0.1) is 0 Å². The molecular weight excluding hydrogens is 244 g/mol. The molecule has 0 aliphatic heterocycles. The lowest BCUT2D eigenvalue weighted by molar-refractivity contribution is -0.156. The first-order valence-electron chi connectivity index (χ1n) is 5.22. The van der Waals surface area contributed by atoms with Crippen molar-refractivity contribution in [2.45, 2.75) is 31.5 Å². The predicted molar refractivity (Wildman–Crippen MR) is 66.5 cm³/mol. The Morgan fingerprint density at radius 3 is 2.35 bits per heavy atom. The molecule has 0 saturated carbocycles. The van der Waals surface area contributed by atoms with Gasteiger partial charge in [0.1, 0.15) is 18.2 Å². The van der Waals surface area contributed by atoms with Gasteiger partial charge >= 0.3 is 11.9 Å². The van der Waals surface area contributed by atoms with Gasteiger partial charge in [-0.2, -0.15) is 11.8 Å². The fourth-order valence-electron chi connectivity index (χ4n) is 1.03. The molecule has 0 aromatic rings. The zero-order chi connectivity index (χ0) is 13.4. The smallest absolute Gasteiger partial charge is 0.326 e. The van der Waals surface area contributed by atoms with Crippen molar-refractivity contribution in [3.05, 3.63) is 0 Å². The summed E-state index contributed by atoms with van der Waals surface area (Å²) in [5.74, 6) is -0.401. The summed E-state index contributed by atoms with van der Waals surface area (Å²) >= 11 is 1.59. The molecule has 17 heavy (non-hydrogen) atoms. The van der Waals surface area contributed by atoms with Gasteiger partial charge in [-0.3, -0.25) is 9.59 Å². The van der Waals surface area contributed by atoms with Gasteiger partial charge < -0.3 is 20.9 Å².